The Bertz CT molecular complexity index is 707. The van der Waals surface area contributed by atoms with Crippen LogP contribution < -0.4 is 0 Å². The summed E-state index contributed by atoms with van der Waals surface area (Å²) in [6, 6.07) is 17.8. The van der Waals surface area contributed by atoms with E-state index in [1.807, 2.05) is 45.3 Å². The van der Waals surface area contributed by atoms with Crippen LogP contribution in [0.3, 0.4) is 0 Å². The van der Waals surface area contributed by atoms with Crippen molar-refractivity contribution in [3.8, 4) is 0 Å². The highest BCUT2D eigenvalue weighted by Crippen LogP contribution is 2.47. The second kappa shape index (κ2) is 6.13. The van der Waals surface area contributed by atoms with E-state index in [2.05, 4.69) is 70.1 Å². The maximum Gasteiger partial charge on any atom is 0.0779 e. The second-order valence-corrected chi connectivity index (χ2v) is 8.97. The summed E-state index contributed by atoms with van der Waals surface area (Å²) >= 11 is 7.45. The van der Waals surface area contributed by atoms with E-state index in [1.54, 1.807) is 0 Å². The summed E-state index contributed by atoms with van der Waals surface area (Å²) < 4.78 is 0. The van der Waals surface area contributed by atoms with Gasteiger partial charge in [0.15, 0.2) is 0 Å². The molecule has 0 nitrogen and oxygen atoms in total. The molecule has 0 N–H and O–H groups in total. The first kappa shape index (κ1) is 14.4. The van der Waals surface area contributed by atoms with Crippen LogP contribution >= 0.6 is 45.3 Å². The van der Waals surface area contributed by atoms with Crippen LogP contribution in [-0.4, -0.2) is 0 Å². The third-order valence-corrected chi connectivity index (χ3v) is 7.82. The zero-order chi connectivity index (χ0) is 14.8. The van der Waals surface area contributed by atoms with Crippen LogP contribution in [0, 0.1) is 0 Å². The predicted molar refractivity (Wildman–Crippen MR) is 101 cm³/mol. The van der Waals surface area contributed by atoms with E-state index in [-0.39, 0.29) is 5.41 Å². The van der Waals surface area contributed by atoms with Gasteiger partial charge in [0.05, 0.1) is 5.41 Å². The number of hydrogen-bond donors (Lipinski definition) is 0. The van der Waals surface area contributed by atoms with E-state index in [0.29, 0.717) is 0 Å². The van der Waals surface area contributed by atoms with E-state index in [9.17, 15) is 0 Å². The highest BCUT2D eigenvalue weighted by Gasteiger charge is 2.39. The maximum absolute atomic E-state index is 2.29. The van der Waals surface area contributed by atoms with Crippen LogP contribution in [0.5, 0.6) is 0 Å². The Kier molecular flexibility index (Phi) is 4.01. The molecule has 0 unspecified atom stereocenters. The molecule has 0 radical (unpaired) electrons. The largest absolute Gasteiger partial charge is 0.149 e. The first-order valence-electron chi connectivity index (χ1n) is 7.04. The van der Waals surface area contributed by atoms with Crippen molar-refractivity contribution in [1.82, 2.24) is 0 Å². The SMILES string of the molecule is c1csc(CC(c2cccs2)(c2cccs2)c2cccs2)c1. The van der Waals surface area contributed by atoms with Crippen molar-refractivity contribution in [3.63, 3.8) is 0 Å². The van der Waals surface area contributed by atoms with E-state index >= 15 is 0 Å². The molecular weight excluding hydrogens is 344 g/mol. The third-order valence-electron chi connectivity index (χ3n) is 3.84. The summed E-state index contributed by atoms with van der Waals surface area (Å²) in [4.78, 5) is 5.75. The summed E-state index contributed by atoms with van der Waals surface area (Å²) in [5.41, 5.74) is -0.0403. The normalized spacial score (nSPS) is 11.8. The standard InChI is InChI=1S/C18H14S4/c1-5-14(19-9-1)13-18(15-6-2-10-20-15,16-7-3-11-21-16)17-8-4-12-22-17/h1-12H,13H2. The van der Waals surface area contributed by atoms with Crippen LogP contribution in [-0.2, 0) is 11.8 Å². The van der Waals surface area contributed by atoms with Gasteiger partial charge in [0.25, 0.3) is 0 Å². The Labute approximate surface area is 146 Å². The minimum absolute atomic E-state index is 0.0403. The Morgan fingerprint density at radius 3 is 1.41 bits per heavy atom. The quantitative estimate of drug-likeness (QED) is 0.381. The Hall–Kier alpha value is -1.20. The van der Waals surface area contributed by atoms with Gasteiger partial charge in [-0.05, 0) is 45.8 Å². The van der Waals surface area contributed by atoms with Crippen molar-refractivity contribution in [2.24, 2.45) is 0 Å². The molecule has 0 aliphatic carbocycles. The van der Waals surface area contributed by atoms with Gasteiger partial charge in [-0.1, -0.05) is 24.3 Å². The van der Waals surface area contributed by atoms with Crippen molar-refractivity contribution in [1.29, 1.82) is 0 Å². The lowest BCUT2D eigenvalue weighted by Crippen LogP contribution is -2.28. The topological polar surface area (TPSA) is 0 Å². The minimum atomic E-state index is -0.0403. The lowest BCUT2D eigenvalue weighted by atomic mass is 9.79. The van der Waals surface area contributed by atoms with Crippen LogP contribution in [0.4, 0.5) is 0 Å². The first-order valence-corrected chi connectivity index (χ1v) is 10.6. The van der Waals surface area contributed by atoms with E-state index in [1.165, 1.54) is 19.5 Å². The van der Waals surface area contributed by atoms with Gasteiger partial charge in [0, 0.05) is 25.9 Å². The molecule has 4 aromatic heterocycles. The molecule has 4 heteroatoms. The molecule has 0 spiro atoms. The fourth-order valence-electron chi connectivity index (χ4n) is 2.86. The molecule has 0 bridgehead atoms. The van der Waals surface area contributed by atoms with Crippen molar-refractivity contribution in [2.75, 3.05) is 0 Å². The molecule has 4 rings (SSSR count). The molecule has 110 valence electrons. The smallest absolute Gasteiger partial charge is 0.0779 e. The summed E-state index contributed by atoms with van der Waals surface area (Å²) in [6.07, 6.45) is 1.03. The lowest BCUT2D eigenvalue weighted by Gasteiger charge is -2.31. The van der Waals surface area contributed by atoms with Gasteiger partial charge in [-0.2, -0.15) is 0 Å². The van der Waals surface area contributed by atoms with Crippen LogP contribution in [0.25, 0.3) is 0 Å². The van der Waals surface area contributed by atoms with E-state index < -0.39 is 0 Å². The lowest BCUT2D eigenvalue weighted by molar-refractivity contribution is 0.659. The molecule has 0 aromatic carbocycles. The van der Waals surface area contributed by atoms with E-state index in [0.717, 1.165) is 6.42 Å². The number of thiophene rings is 4. The molecule has 0 fully saturated rings. The molecule has 0 amide bonds. The zero-order valence-electron chi connectivity index (χ0n) is 11.8. The molecule has 0 saturated heterocycles. The molecule has 0 aliphatic rings. The molecule has 22 heavy (non-hydrogen) atoms. The van der Waals surface area contributed by atoms with Gasteiger partial charge in [-0.15, -0.1) is 45.3 Å². The Morgan fingerprint density at radius 1 is 0.591 bits per heavy atom. The van der Waals surface area contributed by atoms with Gasteiger partial charge < -0.3 is 0 Å². The average molecular weight is 359 g/mol. The predicted octanol–water partition coefficient (Wildman–Crippen LogP) is 6.51. The van der Waals surface area contributed by atoms with Crippen molar-refractivity contribution in [3.05, 3.63) is 89.6 Å². The Balaban J connectivity index is 1.96. The number of hydrogen-bond acceptors (Lipinski definition) is 4. The summed E-state index contributed by atoms with van der Waals surface area (Å²) in [5, 5.41) is 8.76. The zero-order valence-corrected chi connectivity index (χ0v) is 15.0. The summed E-state index contributed by atoms with van der Waals surface area (Å²) in [7, 11) is 0. The van der Waals surface area contributed by atoms with Gasteiger partial charge in [-0.3, -0.25) is 0 Å². The average Bonchev–Trinajstić information content (AvgIpc) is 3.36. The van der Waals surface area contributed by atoms with Crippen molar-refractivity contribution in [2.45, 2.75) is 11.8 Å². The molecule has 4 heterocycles. The second-order valence-electron chi connectivity index (χ2n) is 5.09. The molecule has 0 atom stereocenters. The fraction of sp³-hybridized carbons (Fsp3) is 0.111. The van der Waals surface area contributed by atoms with Gasteiger partial charge >= 0.3 is 0 Å². The molecule has 4 aromatic rings. The van der Waals surface area contributed by atoms with Crippen molar-refractivity contribution < 1.29 is 0 Å². The molecule has 0 aliphatic heterocycles. The molecule has 0 saturated carbocycles. The van der Waals surface area contributed by atoms with Gasteiger partial charge in [0.2, 0.25) is 0 Å². The van der Waals surface area contributed by atoms with Crippen molar-refractivity contribution >= 4 is 45.3 Å². The fourth-order valence-corrected chi connectivity index (χ4v) is 6.71. The first-order chi connectivity index (χ1) is 10.9. The van der Waals surface area contributed by atoms with Crippen LogP contribution in [0.15, 0.2) is 70.1 Å². The highest BCUT2D eigenvalue weighted by molar-refractivity contribution is 7.13. The van der Waals surface area contributed by atoms with Crippen LogP contribution in [0.1, 0.15) is 19.5 Å². The maximum atomic E-state index is 2.29. The van der Waals surface area contributed by atoms with Gasteiger partial charge in [-0.25, -0.2) is 0 Å². The minimum Gasteiger partial charge on any atom is -0.149 e. The van der Waals surface area contributed by atoms with Gasteiger partial charge in [0.1, 0.15) is 0 Å². The van der Waals surface area contributed by atoms with E-state index in [4.69, 9.17) is 0 Å². The summed E-state index contributed by atoms with van der Waals surface area (Å²) in [5.74, 6) is 0. The Morgan fingerprint density at radius 2 is 1.05 bits per heavy atom. The van der Waals surface area contributed by atoms with Crippen LogP contribution in [0.2, 0.25) is 0 Å². The summed E-state index contributed by atoms with van der Waals surface area (Å²) in [6.45, 7) is 0. The molecular formula is C18H14S4. The highest BCUT2D eigenvalue weighted by atomic mass is 32.1. The monoisotopic (exact) mass is 358 g/mol. The third kappa shape index (κ3) is 2.40. The number of rotatable bonds is 5.